The molecule has 80 valence electrons. The zero-order chi connectivity index (χ0) is 10.7. The van der Waals surface area contributed by atoms with Crippen LogP contribution in [0.25, 0.3) is 0 Å². The van der Waals surface area contributed by atoms with Gasteiger partial charge in [0, 0.05) is 0 Å². The second-order valence-corrected chi connectivity index (χ2v) is 3.15. The van der Waals surface area contributed by atoms with Crippen LogP contribution in [0, 0.1) is 0 Å². The van der Waals surface area contributed by atoms with Crippen molar-refractivity contribution in [1.29, 1.82) is 0 Å². The molecule has 0 radical (unpaired) electrons. The first-order valence-electron chi connectivity index (χ1n) is 4.17. The molecule has 0 aliphatic heterocycles. The molecule has 0 amide bonds. The predicted molar refractivity (Wildman–Crippen MR) is 58.3 cm³/mol. The van der Waals surface area contributed by atoms with Gasteiger partial charge in [0.1, 0.15) is 0 Å². The third-order valence-electron chi connectivity index (χ3n) is 0. The van der Waals surface area contributed by atoms with Gasteiger partial charge in [-0.15, -0.1) is 18.3 Å². The van der Waals surface area contributed by atoms with Crippen LogP contribution in [0.5, 0.6) is 0 Å². The summed E-state index contributed by atoms with van der Waals surface area (Å²) in [5.74, 6) is 0. The van der Waals surface area contributed by atoms with Crippen LogP contribution < -0.4 is 15.3 Å². The summed E-state index contributed by atoms with van der Waals surface area (Å²) in [6, 6.07) is 0. The Bertz CT molecular complexity index is 48.5. The van der Waals surface area contributed by atoms with E-state index in [0.29, 0.717) is 0 Å². The Labute approximate surface area is 121 Å². The summed E-state index contributed by atoms with van der Waals surface area (Å²) in [5, 5.41) is 28.6. The summed E-state index contributed by atoms with van der Waals surface area (Å²) >= 11 is 0. The summed E-state index contributed by atoms with van der Waals surface area (Å²) in [4.78, 5) is 0. The van der Waals surface area contributed by atoms with Crippen LogP contribution in [0.15, 0.2) is 0 Å². The van der Waals surface area contributed by atoms with E-state index in [2.05, 4.69) is 0 Å². The Morgan fingerprint density at radius 2 is 0.571 bits per heavy atom. The molecule has 3 nitrogen and oxygen atoms in total. The van der Waals surface area contributed by atoms with Gasteiger partial charge in [0.05, 0.1) is 0 Å². The fourth-order valence-corrected chi connectivity index (χ4v) is 0. The molecule has 0 fully saturated rings. The Balaban J connectivity index is -0.0000000270. The van der Waals surface area contributed by atoms with Crippen LogP contribution in [-0.4, -0.2) is 65.2 Å². The van der Waals surface area contributed by atoms with Crippen LogP contribution in [0.1, 0.15) is 41.5 Å². The van der Waals surface area contributed by atoms with E-state index in [0.717, 1.165) is 0 Å². The molecule has 0 saturated heterocycles. The van der Waals surface area contributed by atoms with E-state index in [9.17, 15) is 15.3 Å². The van der Waals surface area contributed by atoms with Crippen molar-refractivity contribution < 1.29 is 15.3 Å². The van der Waals surface area contributed by atoms with Crippen LogP contribution >= 0.6 is 0 Å². The van der Waals surface area contributed by atoms with E-state index in [-0.39, 0.29) is 46.9 Å². The van der Waals surface area contributed by atoms with Gasteiger partial charge in [-0.1, -0.05) is 41.5 Å². The predicted octanol–water partition coefficient (Wildman–Crippen LogP) is -1.76. The first-order valence-corrected chi connectivity index (χ1v) is 4.17. The van der Waals surface area contributed by atoms with Crippen molar-refractivity contribution in [2.45, 2.75) is 59.9 Å². The van der Waals surface area contributed by atoms with E-state index in [4.69, 9.17) is 0 Å². The Kier molecular flexibility index (Phi) is 50.4. The zero-order valence-electron chi connectivity index (χ0n) is 9.53. The number of hydrogen-bond donors (Lipinski definition) is 0. The fraction of sp³-hybridized carbons (Fsp3) is 1.00. The third-order valence-corrected chi connectivity index (χ3v) is 0. The normalized spacial score (nSPS) is 7.71. The topological polar surface area (TPSA) is 69.2 Å². The Hall–Kier alpha value is 1.41. The standard InChI is InChI=1S/3C3H7O.Al.Na.H/c3*1-3(2)4;;;/h3*3H,1-2H3;;;/q3*-1;+3;;. The Morgan fingerprint density at radius 1 is 0.571 bits per heavy atom. The van der Waals surface area contributed by atoms with Gasteiger partial charge in [0.25, 0.3) is 0 Å². The molecule has 0 spiro atoms. The van der Waals surface area contributed by atoms with Gasteiger partial charge in [-0.05, 0) is 0 Å². The van der Waals surface area contributed by atoms with E-state index < -0.39 is 18.3 Å². The van der Waals surface area contributed by atoms with Gasteiger partial charge in [-0.2, -0.15) is 0 Å². The maximum absolute atomic E-state index is 9.53. The van der Waals surface area contributed by atoms with Crippen LogP contribution in [0.4, 0.5) is 0 Å². The summed E-state index contributed by atoms with van der Waals surface area (Å²) in [5.41, 5.74) is 0. The molecule has 0 aromatic heterocycles. The zero-order valence-corrected chi connectivity index (χ0v) is 10.7. The molecule has 0 rings (SSSR count). The van der Waals surface area contributed by atoms with Crippen LogP contribution in [-0.2, 0) is 0 Å². The quantitative estimate of drug-likeness (QED) is 0.461. The number of rotatable bonds is 0. The molecule has 0 N–H and O–H groups in total. The average Bonchev–Trinajstić information content (AvgIpc) is 1.54. The molecule has 0 saturated carbocycles. The molecule has 0 aromatic carbocycles. The van der Waals surface area contributed by atoms with Crippen molar-refractivity contribution in [2.24, 2.45) is 0 Å². The maximum atomic E-state index is 9.53. The molecule has 0 atom stereocenters. The summed E-state index contributed by atoms with van der Waals surface area (Å²) < 4.78 is 0. The van der Waals surface area contributed by atoms with Crippen molar-refractivity contribution in [3.63, 3.8) is 0 Å². The van der Waals surface area contributed by atoms with Crippen molar-refractivity contribution in [2.75, 3.05) is 0 Å². The molecular weight excluding hydrogens is 206 g/mol. The monoisotopic (exact) mass is 228 g/mol. The summed E-state index contributed by atoms with van der Waals surface area (Å²) in [7, 11) is 0. The number of hydrogen-bond acceptors (Lipinski definition) is 3. The first kappa shape index (κ1) is 29.5. The molecule has 0 bridgehead atoms. The van der Waals surface area contributed by atoms with Crippen molar-refractivity contribution in [3.8, 4) is 0 Å². The van der Waals surface area contributed by atoms with Gasteiger partial charge in [-0.25, -0.2) is 0 Å². The summed E-state index contributed by atoms with van der Waals surface area (Å²) in [6.07, 6.45) is -1.25. The van der Waals surface area contributed by atoms with Gasteiger partial charge in [-0.3, -0.25) is 0 Å². The molecular formula is C9H22AlNaO3. The van der Waals surface area contributed by atoms with Gasteiger partial charge >= 0.3 is 46.9 Å². The van der Waals surface area contributed by atoms with E-state index in [1.165, 1.54) is 0 Å². The summed E-state index contributed by atoms with van der Waals surface area (Å²) in [6.45, 7) is 9.67. The van der Waals surface area contributed by atoms with E-state index >= 15 is 0 Å². The van der Waals surface area contributed by atoms with Gasteiger partial charge in [0.2, 0.25) is 0 Å². The minimum absolute atomic E-state index is 0. The van der Waals surface area contributed by atoms with Crippen molar-refractivity contribution in [1.82, 2.24) is 0 Å². The molecule has 14 heavy (non-hydrogen) atoms. The Morgan fingerprint density at radius 3 is 0.571 bits per heavy atom. The van der Waals surface area contributed by atoms with Gasteiger partial charge < -0.3 is 15.3 Å². The SMILES string of the molecule is CC(C)[O-].CC(C)[O-].CC(C)[O-].[Al+3].[NaH]. The molecule has 0 unspecified atom stereocenters. The molecule has 0 aliphatic rings. The molecule has 0 heterocycles. The molecule has 0 aliphatic carbocycles. The second kappa shape index (κ2) is 23.9. The first-order chi connectivity index (χ1) is 5.20. The molecule has 0 aromatic rings. The minimum atomic E-state index is -0.417. The van der Waals surface area contributed by atoms with Crippen LogP contribution in [0.3, 0.4) is 0 Å². The third kappa shape index (κ3) is 1040. The van der Waals surface area contributed by atoms with Crippen LogP contribution in [0.2, 0.25) is 0 Å². The fourth-order valence-electron chi connectivity index (χ4n) is 0. The van der Waals surface area contributed by atoms with E-state index in [1.807, 2.05) is 0 Å². The van der Waals surface area contributed by atoms with Crippen molar-refractivity contribution >= 4 is 46.9 Å². The van der Waals surface area contributed by atoms with Gasteiger partial charge in [0.15, 0.2) is 0 Å². The average molecular weight is 228 g/mol. The second-order valence-electron chi connectivity index (χ2n) is 3.15. The molecule has 5 heteroatoms. The van der Waals surface area contributed by atoms with Crippen molar-refractivity contribution in [3.05, 3.63) is 0 Å². The van der Waals surface area contributed by atoms with E-state index in [1.54, 1.807) is 41.5 Å².